The van der Waals surface area contributed by atoms with Crippen LogP contribution in [0.5, 0.6) is 0 Å². The monoisotopic (exact) mass is 285 g/mol. The lowest BCUT2D eigenvalue weighted by atomic mass is 10.0. The lowest BCUT2D eigenvalue weighted by Crippen LogP contribution is -2.89. The molecule has 20 heavy (non-hydrogen) atoms. The highest BCUT2D eigenvalue weighted by atomic mass is 16.2. The molecule has 7 nitrogen and oxygen atoms in total. The van der Waals surface area contributed by atoms with E-state index in [0.29, 0.717) is 6.42 Å². The van der Waals surface area contributed by atoms with Gasteiger partial charge in [-0.25, -0.2) is 0 Å². The Morgan fingerprint density at radius 1 is 1.35 bits per heavy atom. The molecule has 3 amide bonds. The summed E-state index contributed by atoms with van der Waals surface area (Å²) in [5.41, 5.74) is 5.00. The van der Waals surface area contributed by atoms with E-state index in [1.807, 2.05) is 19.2 Å². The molecule has 0 aromatic heterocycles. The number of carbonyl (C=O) groups excluding carboxylic acids is 3. The molecule has 0 radical (unpaired) electrons. The van der Waals surface area contributed by atoms with Crippen molar-refractivity contribution >= 4 is 17.7 Å². The van der Waals surface area contributed by atoms with Gasteiger partial charge in [-0.05, 0) is 12.3 Å². The number of nitrogens with two attached hydrogens (primary N) is 2. The predicted molar refractivity (Wildman–Crippen MR) is 73.4 cm³/mol. The lowest BCUT2D eigenvalue weighted by Gasteiger charge is -2.20. The summed E-state index contributed by atoms with van der Waals surface area (Å²) < 4.78 is 0. The minimum Gasteiger partial charge on any atom is -0.368 e. The number of hydrogen-bond donors (Lipinski definition) is 4. The van der Waals surface area contributed by atoms with Crippen LogP contribution in [0.4, 0.5) is 0 Å². The van der Waals surface area contributed by atoms with Crippen molar-refractivity contribution < 1.29 is 19.7 Å². The molecule has 0 unspecified atom stereocenters. The minimum atomic E-state index is -0.615. The summed E-state index contributed by atoms with van der Waals surface area (Å²) >= 11 is 0. The largest absolute Gasteiger partial charge is 0.368 e. The molecule has 1 aliphatic rings. The second kappa shape index (κ2) is 7.84. The number of primary amides is 1. The molecule has 6 N–H and O–H groups in total. The second-order valence-corrected chi connectivity index (χ2v) is 5.65. The van der Waals surface area contributed by atoms with Gasteiger partial charge in [0.05, 0.1) is 13.1 Å². The topological polar surface area (TPSA) is 118 Å². The molecule has 0 aromatic rings. The highest BCUT2D eigenvalue weighted by Crippen LogP contribution is 2.06. The van der Waals surface area contributed by atoms with Crippen LogP contribution in [-0.4, -0.2) is 42.9 Å². The summed E-state index contributed by atoms with van der Waals surface area (Å²) in [5.74, 6) is -0.810. The van der Waals surface area contributed by atoms with Crippen molar-refractivity contribution in [2.75, 3.05) is 13.1 Å². The minimum absolute atomic E-state index is 0.103. The van der Waals surface area contributed by atoms with Crippen molar-refractivity contribution in [3.8, 4) is 0 Å². The zero-order valence-corrected chi connectivity index (χ0v) is 12.1. The first-order chi connectivity index (χ1) is 9.40. The standard InChI is InChI=1S/C13H24N4O3/c1-8(2)6-10(12(19)16-7-11(14)18)17-13(20)9-4-3-5-15-9/h8-10,15H,3-7H2,1-2H3,(H2,14,18)(H,16,19)(H,17,20)/p+1/t9-,10-/m0/s1. The van der Waals surface area contributed by atoms with E-state index in [0.717, 1.165) is 19.4 Å². The summed E-state index contributed by atoms with van der Waals surface area (Å²) in [4.78, 5) is 34.8. The van der Waals surface area contributed by atoms with Gasteiger partial charge in [-0.2, -0.15) is 0 Å². The van der Waals surface area contributed by atoms with Gasteiger partial charge in [-0.3, -0.25) is 14.4 Å². The van der Waals surface area contributed by atoms with Crippen molar-refractivity contribution in [3.05, 3.63) is 0 Å². The van der Waals surface area contributed by atoms with E-state index in [4.69, 9.17) is 5.73 Å². The Bertz CT molecular complexity index is 365. The van der Waals surface area contributed by atoms with E-state index < -0.39 is 11.9 Å². The highest BCUT2D eigenvalue weighted by Gasteiger charge is 2.30. The number of carbonyl (C=O) groups is 3. The third-order valence-corrected chi connectivity index (χ3v) is 3.28. The summed E-state index contributed by atoms with van der Waals surface area (Å²) in [6.07, 6.45) is 2.38. The van der Waals surface area contributed by atoms with E-state index >= 15 is 0 Å². The van der Waals surface area contributed by atoms with Crippen LogP contribution < -0.4 is 21.7 Å². The molecular weight excluding hydrogens is 260 g/mol. The van der Waals surface area contributed by atoms with Gasteiger partial charge in [0.25, 0.3) is 5.91 Å². The van der Waals surface area contributed by atoms with Crippen LogP contribution >= 0.6 is 0 Å². The third-order valence-electron chi connectivity index (χ3n) is 3.28. The van der Waals surface area contributed by atoms with Gasteiger partial charge in [0, 0.05) is 12.8 Å². The Labute approximate surface area is 119 Å². The molecule has 1 rings (SSSR count). The van der Waals surface area contributed by atoms with Crippen LogP contribution in [0.2, 0.25) is 0 Å². The van der Waals surface area contributed by atoms with Gasteiger partial charge in [-0.15, -0.1) is 0 Å². The van der Waals surface area contributed by atoms with Crippen LogP contribution in [0.1, 0.15) is 33.1 Å². The first-order valence-electron chi connectivity index (χ1n) is 7.10. The van der Waals surface area contributed by atoms with Crippen LogP contribution in [0.15, 0.2) is 0 Å². The maximum Gasteiger partial charge on any atom is 0.278 e. The van der Waals surface area contributed by atoms with Crippen molar-refractivity contribution in [1.82, 2.24) is 10.6 Å². The Hall–Kier alpha value is -1.63. The molecule has 0 aromatic carbocycles. The smallest absolute Gasteiger partial charge is 0.278 e. The number of nitrogens with one attached hydrogen (secondary N) is 2. The van der Waals surface area contributed by atoms with Gasteiger partial charge in [0.1, 0.15) is 6.04 Å². The number of hydrogen-bond acceptors (Lipinski definition) is 3. The molecule has 0 aliphatic carbocycles. The maximum atomic E-state index is 12.1. The second-order valence-electron chi connectivity index (χ2n) is 5.65. The van der Waals surface area contributed by atoms with Crippen molar-refractivity contribution in [3.63, 3.8) is 0 Å². The zero-order valence-electron chi connectivity index (χ0n) is 12.1. The highest BCUT2D eigenvalue weighted by molar-refractivity contribution is 5.91. The molecule has 0 spiro atoms. The molecule has 1 heterocycles. The molecule has 1 saturated heterocycles. The fraction of sp³-hybridized carbons (Fsp3) is 0.769. The van der Waals surface area contributed by atoms with Gasteiger partial charge in [-0.1, -0.05) is 13.8 Å². The number of rotatable bonds is 7. The maximum absolute atomic E-state index is 12.1. The fourth-order valence-electron chi connectivity index (χ4n) is 2.29. The molecule has 1 aliphatic heterocycles. The van der Waals surface area contributed by atoms with Gasteiger partial charge < -0.3 is 21.7 Å². The molecule has 114 valence electrons. The summed E-state index contributed by atoms with van der Waals surface area (Å²) in [5, 5.41) is 7.21. The number of quaternary nitrogens is 1. The molecule has 0 bridgehead atoms. The lowest BCUT2D eigenvalue weighted by molar-refractivity contribution is -0.657. The number of amides is 3. The van der Waals surface area contributed by atoms with E-state index in [2.05, 4.69) is 10.6 Å². The summed E-state index contributed by atoms with van der Waals surface area (Å²) in [6.45, 7) is 4.68. The van der Waals surface area contributed by atoms with Crippen molar-refractivity contribution in [1.29, 1.82) is 0 Å². The first kappa shape index (κ1) is 16.4. The molecule has 0 saturated carbocycles. The molecule has 7 heteroatoms. The Balaban J connectivity index is 2.55. The Kier molecular flexibility index (Phi) is 6.44. The van der Waals surface area contributed by atoms with Gasteiger partial charge in [0.15, 0.2) is 6.04 Å². The summed E-state index contributed by atoms with van der Waals surface area (Å²) in [7, 11) is 0. The van der Waals surface area contributed by atoms with Crippen molar-refractivity contribution in [2.45, 2.75) is 45.2 Å². The van der Waals surface area contributed by atoms with Gasteiger partial charge in [0.2, 0.25) is 11.8 Å². The average molecular weight is 285 g/mol. The SMILES string of the molecule is CC(C)C[C@H](NC(=O)[C@@H]1CCC[NH2+]1)C(=O)NCC(N)=O. The van der Waals surface area contributed by atoms with E-state index in [9.17, 15) is 14.4 Å². The Morgan fingerprint density at radius 2 is 2.05 bits per heavy atom. The fourth-order valence-corrected chi connectivity index (χ4v) is 2.29. The van der Waals surface area contributed by atoms with Crippen LogP contribution in [0, 0.1) is 5.92 Å². The Morgan fingerprint density at radius 3 is 2.55 bits per heavy atom. The molecule has 1 fully saturated rings. The van der Waals surface area contributed by atoms with E-state index in [1.165, 1.54) is 0 Å². The predicted octanol–water partition coefficient (Wildman–Crippen LogP) is -2.16. The molecular formula is C13H25N4O3+. The first-order valence-corrected chi connectivity index (χ1v) is 7.10. The normalized spacial score (nSPS) is 19.6. The quantitative estimate of drug-likeness (QED) is 0.427. The zero-order chi connectivity index (χ0) is 15.1. The van der Waals surface area contributed by atoms with Crippen LogP contribution in [-0.2, 0) is 14.4 Å². The molecule has 2 atom stereocenters. The third kappa shape index (κ3) is 5.56. The van der Waals surface area contributed by atoms with E-state index in [1.54, 1.807) is 0 Å². The van der Waals surface area contributed by atoms with Crippen LogP contribution in [0.25, 0.3) is 0 Å². The summed E-state index contributed by atoms with van der Waals surface area (Å²) in [6, 6.07) is -0.718. The van der Waals surface area contributed by atoms with E-state index in [-0.39, 0.29) is 30.3 Å². The van der Waals surface area contributed by atoms with Crippen LogP contribution in [0.3, 0.4) is 0 Å². The average Bonchev–Trinajstić information content (AvgIpc) is 2.88. The van der Waals surface area contributed by atoms with Gasteiger partial charge >= 0.3 is 0 Å². The van der Waals surface area contributed by atoms with Crippen molar-refractivity contribution in [2.24, 2.45) is 11.7 Å².